The van der Waals surface area contributed by atoms with E-state index in [0.29, 0.717) is 5.92 Å². The molecule has 3 aromatic rings. The van der Waals surface area contributed by atoms with E-state index in [2.05, 4.69) is 30.6 Å². The molecule has 0 bridgehead atoms. The van der Waals surface area contributed by atoms with Gasteiger partial charge in [-0.25, -0.2) is 4.98 Å². The normalized spacial score (nSPS) is 15.8. The van der Waals surface area contributed by atoms with Crippen LogP contribution in [0.25, 0.3) is 22.2 Å². The Morgan fingerprint density at radius 2 is 1.77 bits per heavy atom. The summed E-state index contributed by atoms with van der Waals surface area (Å²) in [6.45, 7) is 2.17. The number of benzene rings is 2. The van der Waals surface area contributed by atoms with E-state index >= 15 is 0 Å². The van der Waals surface area contributed by atoms with Gasteiger partial charge in [0, 0.05) is 28.3 Å². The monoisotopic (exact) mass is 418 g/mol. The number of aromatic nitrogens is 1. The number of hydrogen-bond donors (Lipinski definition) is 1. The third-order valence-corrected chi connectivity index (χ3v) is 6.85. The molecule has 1 amide bonds. The average molecular weight is 419 g/mol. The molecule has 1 aliphatic rings. The Morgan fingerprint density at radius 1 is 1.07 bits per heavy atom. The smallest absolute Gasteiger partial charge is 0.252 e. The fraction of sp³-hybridized carbons (Fsp3) is 0.385. The molecule has 4 rings (SSSR count). The summed E-state index contributed by atoms with van der Waals surface area (Å²) in [5, 5.41) is 4.30. The number of nitrogens with zero attached hydrogens (tertiary/aromatic N) is 1. The largest absolute Gasteiger partial charge is 0.349 e. The van der Waals surface area contributed by atoms with Crippen molar-refractivity contribution < 1.29 is 4.79 Å². The number of fused-ring (bicyclic) bond motifs is 1. The number of carbonyl (C=O) groups is 1. The maximum absolute atomic E-state index is 13.6. The second kappa shape index (κ2) is 9.65. The number of nitrogens with one attached hydrogen (secondary N) is 1. The maximum Gasteiger partial charge on any atom is 0.252 e. The second-order valence-electron chi connectivity index (χ2n) is 8.29. The van der Waals surface area contributed by atoms with E-state index < -0.39 is 0 Å². The van der Waals surface area contributed by atoms with E-state index in [1.54, 1.807) is 11.8 Å². The molecule has 1 aromatic heterocycles. The molecular weight excluding hydrogens is 388 g/mol. The van der Waals surface area contributed by atoms with Gasteiger partial charge in [0.2, 0.25) is 0 Å². The van der Waals surface area contributed by atoms with Crippen LogP contribution in [0.4, 0.5) is 0 Å². The van der Waals surface area contributed by atoms with Crippen LogP contribution in [-0.4, -0.2) is 23.2 Å². The summed E-state index contributed by atoms with van der Waals surface area (Å²) in [5.74, 6) is 1.36. The molecule has 0 saturated heterocycles. The van der Waals surface area contributed by atoms with Crippen LogP contribution in [0.2, 0.25) is 0 Å². The van der Waals surface area contributed by atoms with Gasteiger partial charge in [-0.05, 0) is 38.0 Å². The highest BCUT2D eigenvalue weighted by Gasteiger charge is 2.25. The molecule has 0 aliphatic heterocycles. The van der Waals surface area contributed by atoms with E-state index in [-0.39, 0.29) is 11.9 Å². The van der Waals surface area contributed by atoms with Crippen molar-refractivity contribution in [1.29, 1.82) is 0 Å². The van der Waals surface area contributed by atoms with Crippen LogP contribution < -0.4 is 5.32 Å². The van der Waals surface area contributed by atoms with Crippen molar-refractivity contribution in [1.82, 2.24) is 10.3 Å². The predicted molar refractivity (Wildman–Crippen MR) is 128 cm³/mol. The summed E-state index contributed by atoms with van der Waals surface area (Å²) in [7, 11) is 0. The first-order valence-electron chi connectivity index (χ1n) is 11.0. The lowest BCUT2D eigenvalue weighted by atomic mass is 9.84. The van der Waals surface area contributed by atoms with Crippen molar-refractivity contribution in [2.24, 2.45) is 5.92 Å². The number of rotatable bonds is 6. The second-order valence-corrected chi connectivity index (χ2v) is 9.16. The molecule has 0 spiro atoms. The minimum atomic E-state index is 0.0351. The van der Waals surface area contributed by atoms with Gasteiger partial charge in [0.25, 0.3) is 5.91 Å². The summed E-state index contributed by atoms with van der Waals surface area (Å²) < 4.78 is 0. The van der Waals surface area contributed by atoms with Crippen molar-refractivity contribution in [3.8, 4) is 11.3 Å². The van der Waals surface area contributed by atoms with Gasteiger partial charge in [-0.1, -0.05) is 67.8 Å². The van der Waals surface area contributed by atoms with E-state index in [1.165, 1.54) is 32.1 Å². The molecule has 1 fully saturated rings. The lowest BCUT2D eigenvalue weighted by Crippen LogP contribution is -2.39. The Kier molecular flexibility index (Phi) is 6.73. The molecule has 156 valence electrons. The molecule has 4 heteroatoms. The Labute approximate surface area is 183 Å². The van der Waals surface area contributed by atoms with Crippen molar-refractivity contribution >= 4 is 28.6 Å². The Morgan fingerprint density at radius 3 is 2.50 bits per heavy atom. The van der Waals surface area contributed by atoms with Crippen molar-refractivity contribution in [2.75, 3.05) is 6.26 Å². The third kappa shape index (κ3) is 4.39. The van der Waals surface area contributed by atoms with Crippen LogP contribution in [0.5, 0.6) is 0 Å². The molecule has 30 heavy (non-hydrogen) atoms. The molecule has 0 radical (unpaired) electrons. The summed E-state index contributed by atoms with van der Waals surface area (Å²) >= 11 is 1.73. The van der Waals surface area contributed by atoms with E-state index in [0.717, 1.165) is 39.0 Å². The van der Waals surface area contributed by atoms with E-state index in [4.69, 9.17) is 4.98 Å². The summed E-state index contributed by atoms with van der Waals surface area (Å²) in [6.07, 6.45) is 8.38. The highest BCUT2D eigenvalue weighted by Crippen LogP contribution is 2.33. The van der Waals surface area contributed by atoms with Gasteiger partial charge in [0.15, 0.2) is 0 Å². The highest BCUT2D eigenvalue weighted by atomic mass is 32.2. The number of para-hydroxylation sites is 1. The third-order valence-electron chi connectivity index (χ3n) is 6.27. The van der Waals surface area contributed by atoms with Gasteiger partial charge in [-0.3, -0.25) is 4.79 Å². The highest BCUT2D eigenvalue weighted by molar-refractivity contribution is 7.97. The number of carbonyl (C=O) groups excluding carboxylic acids is 1. The molecular formula is C26H30N2OS. The van der Waals surface area contributed by atoms with Gasteiger partial charge >= 0.3 is 0 Å². The van der Waals surface area contributed by atoms with Gasteiger partial charge in [-0.2, -0.15) is 11.8 Å². The number of thioether (sulfide) groups is 1. The molecule has 3 nitrogen and oxygen atoms in total. The Hall–Kier alpha value is -2.33. The first kappa shape index (κ1) is 20.9. The number of hydrogen-bond acceptors (Lipinski definition) is 3. The Balaban J connectivity index is 1.80. The molecule has 1 atom stereocenters. The van der Waals surface area contributed by atoms with Crippen LogP contribution in [0.1, 0.15) is 54.9 Å². The maximum atomic E-state index is 13.6. The molecule has 1 aliphatic carbocycles. The fourth-order valence-corrected chi connectivity index (χ4v) is 5.23. The fourth-order valence-electron chi connectivity index (χ4n) is 4.66. The van der Waals surface area contributed by atoms with Crippen molar-refractivity contribution in [3.63, 3.8) is 0 Å². The van der Waals surface area contributed by atoms with Crippen LogP contribution in [0, 0.1) is 5.92 Å². The van der Waals surface area contributed by atoms with Crippen molar-refractivity contribution in [2.45, 2.75) is 50.8 Å². The quantitative estimate of drug-likeness (QED) is 0.499. The zero-order valence-corrected chi connectivity index (χ0v) is 18.7. The molecule has 1 saturated carbocycles. The summed E-state index contributed by atoms with van der Waals surface area (Å²) in [4.78, 5) is 18.6. The lowest BCUT2D eigenvalue weighted by Gasteiger charge is -2.29. The first-order valence-corrected chi connectivity index (χ1v) is 12.3. The van der Waals surface area contributed by atoms with Crippen LogP contribution in [-0.2, 0) is 5.75 Å². The van der Waals surface area contributed by atoms with Crippen LogP contribution in [0.15, 0.2) is 54.6 Å². The van der Waals surface area contributed by atoms with Gasteiger partial charge in [-0.15, -0.1) is 0 Å². The van der Waals surface area contributed by atoms with Crippen molar-refractivity contribution in [3.05, 3.63) is 65.7 Å². The standard InChI is InChI=1S/C26H30N2OS/c1-18(19-11-5-3-6-12-19)27-26(29)24-21-15-9-10-16-23(21)28-25(22(24)17-30-2)20-13-7-4-8-14-20/h4,7-10,13-16,18-19H,3,5-6,11-12,17H2,1-2H3,(H,27,29). The SMILES string of the molecule is CSCc1c(-c2ccccc2)nc2ccccc2c1C(=O)NC(C)C1CCCCC1. The van der Waals surface area contributed by atoms with Crippen LogP contribution in [0.3, 0.4) is 0 Å². The minimum absolute atomic E-state index is 0.0351. The zero-order chi connectivity index (χ0) is 20.9. The lowest BCUT2D eigenvalue weighted by molar-refractivity contribution is 0.0920. The van der Waals surface area contributed by atoms with Crippen LogP contribution >= 0.6 is 11.8 Å². The zero-order valence-electron chi connectivity index (χ0n) is 17.9. The molecule has 1 N–H and O–H groups in total. The number of pyridine rings is 1. The average Bonchev–Trinajstić information content (AvgIpc) is 2.79. The van der Waals surface area contributed by atoms with Gasteiger partial charge < -0.3 is 5.32 Å². The first-order chi connectivity index (χ1) is 14.7. The minimum Gasteiger partial charge on any atom is -0.349 e. The predicted octanol–water partition coefficient (Wildman–Crippen LogP) is 6.46. The number of amides is 1. The Bertz CT molecular complexity index is 1010. The summed E-state index contributed by atoms with van der Waals surface area (Å²) in [5.41, 5.74) is 4.66. The van der Waals surface area contributed by atoms with E-state index in [1.807, 2.05) is 42.5 Å². The molecule has 2 aromatic carbocycles. The molecule has 1 unspecified atom stereocenters. The van der Waals surface area contributed by atoms with E-state index in [9.17, 15) is 4.79 Å². The molecule has 1 heterocycles. The summed E-state index contributed by atoms with van der Waals surface area (Å²) in [6, 6.07) is 18.4. The topological polar surface area (TPSA) is 42.0 Å². The van der Waals surface area contributed by atoms with Gasteiger partial charge in [0.05, 0.1) is 16.8 Å². The van der Waals surface area contributed by atoms with Gasteiger partial charge in [0.1, 0.15) is 0 Å².